The number of aliphatic hydroxyl groups excluding tert-OH is 1. The molecule has 1 unspecified atom stereocenters. The second kappa shape index (κ2) is 5.99. The normalized spacial score (nSPS) is 15.0. The second-order valence-electron chi connectivity index (χ2n) is 3.68. The number of amides is 1. The van der Waals surface area contributed by atoms with Gasteiger partial charge in [-0.15, -0.1) is 0 Å². The molecule has 0 aliphatic carbocycles. The maximum absolute atomic E-state index is 10.4. The molecule has 0 heterocycles. The van der Waals surface area contributed by atoms with E-state index in [-0.39, 0.29) is 6.23 Å². The lowest BCUT2D eigenvalue weighted by atomic mass is 10.4. The second-order valence-corrected chi connectivity index (χ2v) is 8.41. The highest BCUT2D eigenvalue weighted by Crippen LogP contribution is 2.13. The number of hydrogen-bond donors (Lipinski definition) is 2. The Kier molecular flexibility index (Phi) is 5.73. The summed E-state index contributed by atoms with van der Waals surface area (Å²) in [6.45, 7) is 4.12. The molecule has 0 aromatic heterocycles. The van der Waals surface area contributed by atoms with E-state index in [0.717, 1.165) is 18.9 Å². The summed E-state index contributed by atoms with van der Waals surface area (Å²) < 4.78 is 4.74. The molecule has 0 aromatic rings. The minimum Gasteiger partial charge on any atom is -0.453 e. The molecule has 13 heavy (non-hydrogen) atoms. The van der Waals surface area contributed by atoms with E-state index in [1.54, 1.807) is 0 Å². The van der Waals surface area contributed by atoms with E-state index in [9.17, 15) is 4.79 Å². The van der Waals surface area contributed by atoms with Crippen LogP contribution >= 0.6 is 0 Å². The molecule has 0 rings (SSSR count). The first kappa shape index (κ1) is 12.4. The maximum atomic E-state index is 10.4. The van der Waals surface area contributed by atoms with Crippen LogP contribution in [-0.4, -0.2) is 31.7 Å². The molecule has 1 amide bonds. The van der Waals surface area contributed by atoms with E-state index < -0.39 is 14.2 Å². The average Bonchev–Trinajstić information content (AvgIpc) is 2.11. The molecule has 0 aliphatic rings. The van der Waals surface area contributed by atoms with Crippen molar-refractivity contribution in [1.82, 2.24) is 0 Å². The first-order chi connectivity index (χ1) is 6.04. The Hall–Kier alpha value is -0.553. The van der Waals surface area contributed by atoms with Crippen molar-refractivity contribution in [1.29, 1.82) is 0 Å². The zero-order valence-electron chi connectivity index (χ0n) is 8.38. The predicted octanol–water partition coefficient (Wildman–Crippen LogP) is 1.03. The first-order valence-corrected chi connectivity index (χ1v) is 7.69. The number of carbonyl (C=O) groups is 1. The van der Waals surface area contributed by atoms with Gasteiger partial charge in [0.2, 0.25) is 0 Å². The lowest BCUT2D eigenvalue weighted by Gasteiger charge is -2.23. The number of ether oxygens (including phenoxy) is 1. The molecule has 0 saturated carbocycles. The summed E-state index contributed by atoms with van der Waals surface area (Å²) in [6.07, 6.45) is 1.91. The zero-order valence-corrected chi connectivity index (χ0v) is 9.38. The fourth-order valence-corrected chi connectivity index (χ4v) is 3.14. The predicted molar refractivity (Wildman–Crippen MR) is 54.0 cm³/mol. The van der Waals surface area contributed by atoms with Crippen molar-refractivity contribution in [2.24, 2.45) is 5.73 Å². The molecule has 0 bridgehead atoms. The lowest BCUT2D eigenvalue weighted by Crippen LogP contribution is -2.42. The average molecular weight is 205 g/mol. The smallest absolute Gasteiger partial charge is 0.404 e. The molecule has 1 atom stereocenters. The third-order valence-corrected chi connectivity index (χ3v) is 5.24. The van der Waals surface area contributed by atoms with Crippen LogP contribution in [0.4, 0.5) is 4.79 Å². The van der Waals surface area contributed by atoms with Gasteiger partial charge in [-0.3, -0.25) is 0 Å². The molecule has 0 radical (unpaired) electrons. The summed E-state index contributed by atoms with van der Waals surface area (Å²) in [4.78, 5) is 10.4. The van der Waals surface area contributed by atoms with Gasteiger partial charge in [0.1, 0.15) is 8.07 Å². The largest absolute Gasteiger partial charge is 0.453 e. The van der Waals surface area contributed by atoms with Crippen LogP contribution in [0.3, 0.4) is 0 Å². The van der Waals surface area contributed by atoms with Crippen molar-refractivity contribution in [3.8, 4) is 0 Å². The van der Waals surface area contributed by atoms with E-state index in [1.807, 2.05) is 6.55 Å². The monoisotopic (exact) mass is 205 g/mol. The molecule has 0 spiro atoms. The van der Waals surface area contributed by atoms with Crippen molar-refractivity contribution in [2.45, 2.75) is 32.4 Å². The minimum absolute atomic E-state index is 0.153. The van der Waals surface area contributed by atoms with E-state index in [2.05, 4.69) is 6.92 Å². The summed E-state index contributed by atoms with van der Waals surface area (Å²) in [5.41, 5.74) is 4.86. The van der Waals surface area contributed by atoms with Crippen LogP contribution in [-0.2, 0) is 4.74 Å². The van der Waals surface area contributed by atoms with E-state index in [0.29, 0.717) is 6.23 Å². The summed E-state index contributed by atoms with van der Waals surface area (Å²) >= 11 is 0. The molecule has 0 aromatic carbocycles. The standard InChI is InChI=1S/C8H19NO3Si/c1-3-4-5-13(2,6-10)7-12-8(9)11/h10H,3-7H2,1-2H3,(H2,9,11). The Morgan fingerprint density at radius 1 is 1.62 bits per heavy atom. The van der Waals surface area contributed by atoms with Crippen LogP contribution in [0.5, 0.6) is 0 Å². The van der Waals surface area contributed by atoms with Gasteiger partial charge in [-0.05, 0) is 0 Å². The number of primary amides is 1. The fourth-order valence-electron chi connectivity index (χ4n) is 1.05. The van der Waals surface area contributed by atoms with Gasteiger partial charge in [-0.1, -0.05) is 32.4 Å². The van der Waals surface area contributed by atoms with Gasteiger partial charge in [0.25, 0.3) is 0 Å². The Balaban J connectivity index is 3.87. The van der Waals surface area contributed by atoms with Crippen LogP contribution < -0.4 is 5.73 Å². The van der Waals surface area contributed by atoms with Gasteiger partial charge in [-0.25, -0.2) is 4.79 Å². The van der Waals surface area contributed by atoms with Gasteiger partial charge < -0.3 is 15.6 Å². The Bertz CT molecular complexity index is 165. The number of aliphatic hydroxyl groups is 1. The van der Waals surface area contributed by atoms with Crippen molar-refractivity contribution >= 4 is 14.2 Å². The number of rotatable bonds is 6. The number of carbonyl (C=O) groups excluding carboxylic acids is 1. The fraction of sp³-hybridized carbons (Fsp3) is 0.875. The molecule has 3 N–H and O–H groups in total. The Labute approximate surface area is 80.1 Å². The summed E-state index contributed by atoms with van der Waals surface area (Å²) in [7, 11) is -1.77. The van der Waals surface area contributed by atoms with Crippen molar-refractivity contribution < 1.29 is 14.6 Å². The number of hydrogen-bond acceptors (Lipinski definition) is 3. The number of unbranched alkanes of at least 4 members (excludes halogenated alkanes) is 1. The third-order valence-electron chi connectivity index (χ3n) is 2.08. The first-order valence-electron chi connectivity index (χ1n) is 4.57. The van der Waals surface area contributed by atoms with Crippen LogP contribution in [0.25, 0.3) is 0 Å². The van der Waals surface area contributed by atoms with Crippen LogP contribution in [0, 0.1) is 0 Å². The van der Waals surface area contributed by atoms with E-state index in [4.69, 9.17) is 15.6 Å². The molecular weight excluding hydrogens is 186 g/mol. The molecule has 4 nitrogen and oxygen atoms in total. The van der Waals surface area contributed by atoms with Gasteiger partial charge in [-0.2, -0.15) is 0 Å². The van der Waals surface area contributed by atoms with Gasteiger partial charge >= 0.3 is 6.09 Å². The zero-order chi connectivity index (χ0) is 10.3. The minimum atomic E-state index is -1.77. The maximum Gasteiger partial charge on any atom is 0.404 e. The van der Waals surface area contributed by atoms with Crippen LogP contribution in [0.2, 0.25) is 12.6 Å². The van der Waals surface area contributed by atoms with Crippen molar-refractivity contribution in [3.63, 3.8) is 0 Å². The Morgan fingerprint density at radius 2 is 2.23 bits per heavy atom. The lowest BCUT2D eigenvalue weighted by molar-refractivity contribution is 0.171. The van der Waals surface area contributed by atoms with Gasteiger partial charge in [0, 0.05) is 6.23 Å². The highest BCUT2D eigenvalue weighted by molar-refractivity contribution is 6.78. The summed E-state index contributed by atoms with van der Waals surface area (Å²) in [6, 6.07) is 0.979. The van der Waals surface area contributed by atoms with E-state index in [1.165, 1.54) is 0 Å². The molecule has 0 fully saturated rings. The van der Waals surface area contributed by atoms with Gasteiger partial charge in [0.15, 0.2) is 0 Å². The number of nitrogens with two attached hydrogens (primary N) is 1. The molecule has 78 valence electrons. The van der Waals surface area contributed by atoms with Crippen molar-refractivity contribution in [3.05, 3.63) is 0 Å². The quantitative estimate of drug-likeness (QED) is 0.636. The van der Waals surface area contributed by atoms with Crippen molar-refractivity contribution in [2.75, 3.05) is 12.5 Å². The summed E-state index contributed by atoms with van der Waals surface area (Å²) in [5.74, 6) is 0. The molecular formula is C8H19NO3Si. The highest BCUT2D eigenvalue weighted by atomic mass is 28.3. The molecule has 0 aliphatic heterocycles. The SMILES string of the molecule is CCCC[Si](C)(CO)COC(N)=O. The topological polar surface area (TPSA) is 72.6 Å². The molecule has 0 saturated heterocycles. The highest BCUT2D eigenvalue weighted by Gasteiger charge is 2.27. The van der Waals surface area contributed by atoms with Crippen LogP contribution in [0.15, 0.2) is 0 Å². The molecule has 5 heteroatoms. The van der Waals surface area contributed by atoms with Gasteiger partial charge in [0.05, 0.1) is 6.23 Å². The van der Waals surface area contributed by atoms with E-state index >= 15 is 0 Å². The third kappa shape index (κ3) is 5.65. The Morgan fingerprint density at radius 3 is 2.62 bits per heavy atom. The van der Waals surface area contributed by atoms with Crippen LogP contribution in [0.1, 0.15) is 19.8 Å². The summed E-state index contributed by atoms with van der Waals surface area (Å²) in [5, 5.41) is 9.15.